The molecular formula is C16H14F3NO6. The lowest BCUT2D eigenvalue weighted by atomic mass is 10.1. The fourth-order valence-corrected chi connectivity index (χ4v) is 1.58. The molecule has 0 heterocycles. The number of alkyl halides is 3. The molecule has 0 aliphatic rings. The smallest absolute Gasteiger partial charge is 0.465 e. The number of carbonyl (C=O) groups is 3. The lowest BCUT2D eigenvalue weighted by molar-refractivity contribution is -0.167. The highest BCUT2D eigenvalue weighted by Gasteiger charge is 2.39. The minimum absolute atomic E-state index is 0.00752. The average Bonchev–Trinajstić information content (AvgIpc) is 2.58. The molecule has 0 aliphatic heterocycles. The van der Waals surface area contributed by atoms with Crippen molar-refractivity contribution in [2.75, 3.05) is 25.6 Å². The van der Waals surface area contributed by atoms with Gasteiger partial charge in [0.25, 0.3) is 0 Å². The van der Waals surface area contributed by atoms with Crippen molar-refractivity contribution in [1.82, 2.24) is 0 Å². The molecule has 1 N–H and O–H groups in total. The van der Waals surface area contributed by atoms with Gasteiger partial charge in [-0.25, -0.2) is 9.59 Å². The van der Waals surface area contributed by atoms with Crippen LogP contribution in [0, 0.1) is 11.8 Å². The molecule has 1 aromatic carbocycles. The van der Waals surface area contributed by atoms with E-state index in [2.05, 4.69) is 26.1 Å². The van der Waals surface area contributed by atoms with E-state index in [0.29, 0.717) is 0 Å². The van der Waals surface area contributed by atoms with Crippen LogP contribution in [0.25, 0.3) is 0 Å². The van der Waals surface area contributed by atoms with E-state index in [0.717, 1.165) is 25.3 Å². The first-order valence-corrected chi connectivity index (χ1v) is 7.08. The van der Waals surface area contributed by atoms with E-state index in [1.54, 1.807) is 12.2 Å². The van der Waals surface area contributed by atoms with Gasteiger partial charge in [0.1, 0.15) is 0 Å². The summed E-state index contributed by atoms with van der Waals surface area (Å²) in [7, 11) is 1.13. The Balaban J connectivity index is 3.05. The molecule has 0 unspecified atom stereocenters. The van der Waals surface area contributed by atoms with E-state index in [4.69, 9.17) is 0 Å². The second kappa shape index (κ2) is 9.31. The molecular weight excluding hydrogens is 359 g/mol. The van der Waals surface area contributed by atoms with Crippen LogP contribution in [0.1, 0.15) is 22.8 Å². The van der Waals surface area contributed by atoms with Gasteiger partial charge in [-0.05, 0) is 25.1 Å². The maximum Gasteiger partial charge on any atom is 0.509 e. The second-order valence-corrected chi connectivity index (χ2v) is 4.48. The van der Waals surface area contributed by atoms with Crippen LogP contribution in [0.15, 0.2) is 18.2 Å². The first kappa shape index (κ1) is 20.8. The van der Waals surface area contributed by atoms with Crippen molar-refractivity contribution < 1.29 is 41.8 Å². The van der Waals surface area contributed by atoms with Crippen LogP contribution in [0.4, 0.5) is 23.7 Å². The summed E-state index contributed by atoms with van der Waals surface area (Å²) in [5.41, 5.74) is -0.366. The van der Waals surface area contributed by atoms with Gasteiger partial charge in [0.15, 0.2) is 6.61 Å². The van der Waals surface area contributed by atoms with Crippen LogP contribution < -0.4 is 5.32 Å². The highest BCUT2D eigenvalue weighted by molar-refractivity contribution is 5.97. The van der Waals surface area contributed by atoms with E-state index in [9.17, 15) is 27.6 Å². The van der Waals surface area contributed by atoms with Crippen LogP contribution in [-0.2, 0) is 19.0 Å². The number of nitrogens with one attached hydrogen (secondary N) is 1. The number of anilines is 1. The topological polar surface area (TPSA) is 90.9 Å². The quantitative estimate of drug-likeness (QED) is 0.644. The molecule has 0 fully saturated rings. The molecule has 0 saturated heterocycles. The van der Waals surface area contributed by atoms with Crippen LogP contribution >= 0.6 is 0 Å². The summed E-state index contributed by atoms with van der Waals surface area (Å²) in [5, 5.41) is 1.65. The van der Waals surface area contributed by atoms with Crippen molar-refractivity contribution in [3.8, 4) is 11.8 Å². The summed E-state index contributed by atoms with van der Waals surface area (Å²) in [5.74, 6) is 1.84. The van der Waals surface area contributed by atoms with Gasteiger partial charge in [0, 0.05) is 5.56 Å². The van der Waals surface area contributed by atoms with E-state index in [1.165, 1.54) is 0 Å². The number of carbonyl (C=O) groups excluding carboxylic acids is 3. The van der Waals surface area contributed by atoms with E-state index in [1.807, 2.05) is 0 Å². The number of hydrogen-bond acceptors (Lipinski definition) is 6. The van der Waals surface area contributed by atoms with Crippen LogP contribution in [-0.4, -0.2) is 44.5 Å². The Morgan fingerprint density at radius 1 is 1.19 bits per heavy atom. The van der Waals surface area contributed by atoms with E-state index < -0.39 is 30.8 Å². The first-order chi connectivity index (χ1) is 12.2. The van der Waals surface area contributed by atoms with Gasteiger partial charge in [0.2, 0.25) is 0 Å². The predicted octanol–water partition coefficient (Wildman–Crippen LogP) is 2.50. The largest absolute Gasteiger partial charge is 0.509 e. The van der Waals surface area contributed by atoms with Crippen molar-refractivity contribution in [3.63, 3.8) is 0 Å². The summed E-state index contributed by atoms with van der Waals surface area (Å²) >= 11 is 0. The standard InChI is InChI=1S/C16H14F3NO6/c1-3-25-15(23)26-8-4-5-10-9-11(13(21)24-2)6-7-12(10)20-14(22)16(17,18)19/h6-7,9H,3,8H2,1-2H3,(H,20,22). The molecule has 1 aromatic rings. The number of ether oxygens (including phenoxy) is 3. The molecule has 10 heteroatoms. The molecule has 7 nitrogen and oxygen atoms in total. The predicted molar refractivity (Wildman–Crippen MR) is 82.3 cm³/mol. The van der Waals surface area contributed by atoms with Gasteiger partial charge < -0.3 is 19.5 Å². The molecule has 0 aliphatic carbocycles. The third-order valence-corrected chi connectivity index (χ3v) is 2.69. The summed E-state index contributed by atoms with van der Waals surface area (Å²) < 4.78 is 50.8. The minimum atomic E-state index is -5.10. The zero-order valence-corrected chi connectivity index (χ0v) is 13.7. The molecule has 0 saturated carbocycles. The summed E-state index contributed by atoms with van der Waals surface area (Å²) in [4.78, 5) is 33.6. The molecule has 0 bridgehead atoms. The van der Waals surface area contributed by atoms with Crippen molar-refractivity contribution >= 4 is 23.7 Å². The van der Waals surface area contributed by atoms with Crippen LogP contribution in [0.3, 0.4) is 0 Å². The number of esters is 1. The number of benzene rings is 1. The Hall–Kier alpha value is -3.22. The Labute approximate surface area is 146 Å². The number of hydrogen-bond donors (Lipinski definition) is 1. The fourth-order valence-electron chi connectivity index (χ4n) is 1.58. The van der Waals surface area contributed by atoms with Gasteiger partial charge >= 0.3 is 24.2 Å². The summed E-state index contributed by atoms with van der Waals surface area (Å²) in [6.07, 6.45) is -6.06. The third-order valence-electron chi connectivity index (χ3n) is 2.69. The minimum Gasteiger partial charge on any atom is -0.465 e. The highest BCUT2D eigenvalue weighted by atomic mass is 19.4. The molecule has 0 spiro atoms. The Bertz CT molecular complexity index is 749. The van der Waals surface area contributed by atoms with Gasteiger partial charge in [-0.15, -0.1) is 0 Å². The average molecular weight is 373 g/mol. The highest BCUT2D eigenvalue weighted by Crippen LogP contribution is 2.22. The van der Waals surface area contributed by atoms with E-state index in [-0.39, 0.29) is 23.4 Å². The molecule has 0 atom stereocenters. The third kappa shape index (κ3) is 6.35. The second-order valence-electron chi connectivity index (χ2n) is 4.48. The SMILES string of the molecule is CCOC(=O)OCC#Cc1cc(C(=O)OC)ccc1NC(=O)C(F)(F)F. The van der Waals surface area contributed by atoms with E-state index >= 15 is 0 Å². The van der Waals surface area contributed by atoms with Crippen molar-refractivity contribution in [1.29, 1.82) is 0 Å². The zero-order chi connectivity index (χ0) is 19.7. The molecule has 1 rings (SSSR count). The molecule has 140 valence electrons. The Morgan fingerprint density at radius 3 is 2.46 bits per heavy atom. The van der Waals surface area contributed by atoms with Gasteiger partial charge in [-0.1, -0.05) is 11.8 Å². The summed E-state index contributed by atoms with van der Waals surface area (Å²) in [6, 6.07) is 3.37. The zero-order valence-electron chi connectivity index (χ0n) is 13.7. The fraction of sp³-hybridized carbons (Fsp3) is 0.312. The molecule has 0 aromatic heterocycles. The van der Waals surface area contributed by atoms with Crippen LogP contribution in [0.5, 0.6) is 0 Å². The first-order valence-electron chi connectivity index (χ1n) is 7.08. The maximum absolute atomic E-state index is 12.4. The molecule has 26 heavy (non-hydrogen) atoms. The molecule has 0 radical (unpaired) electrons. The Kier molecular flexibility index (Phi) is 7.46. The monoisotopic (exact) mass is 373 g/mol. The lowest BCUT2D eigenvalue weighted by Gasteiger charge is -2.10. The molecule has 1 amide bonds. The van der Waals surface area contributed by atoms with Gasteiger partial charge in [-0.2, -0.15) is 13.2 Å². The Morgan fingerprint density at radius 2 is 1.88 bits per heavy atom. The lowest BCUT2D eigenvalue weighted by Crippen LogP contribution is -2.30. The van der Waals surface area contributed by atoms with Gasteiger partial charge in [-0.3, -0.25) is 4.79 Å². The maximum atomic E-state index is 12.4. The normalized spacial score (nSPS) is 10.2. The summed E-state index contributed by atoms with van der Waals surface area (Å²) in [6.45, 7) is 1.26. The van der Waals surface area contributed by atoms with Crippen molar-refractivity contribution in [2.45, 2.75) is 13.1 Å². The van der Waals surface area contributed by atoms with Crippen molar-refractivity contribution in [2.24, 2.45) is 0 Å². The number of methoxy groups -OCH3 is 1. The number of rotatable bonds is 4. The van der Waals surface area contributed by atoms with Gasteiger partial charge in [0.05, 0.1) is 25.0 Å². The number of amides is 1. The van der Waals surface area contributed by atoms with Crippen LogP contribution in [0.2, 0.25) is 0 Å². The number of halogens is 3. The van der Waals surface area contributed by atoms with Crippen molar-refractivity contribution in [3.05, 3.63) is 29.3 Å².